The fourth-order valence-electron chi connectivity index (χ4n) is 2.67. The number of hydrogen-bond acceptors (Lipinski definition) is 2. The van der Waals surface area contributed by atoms with E-state index in [0.717, 1.165) is 44.9 Å². The molecule has 2 heteroatoms. The Bertz CT molecular complexity index is 427. The predicted octanol–water partition coefficient (Wildman–Crippen LogP) is 5.50. The third kappa shape index (κ3) is 8.54. The van der Waals surface area contributed by atoms with E-state index in [1.807, 2.05) is 0 Å². The number of carbonyl (C=O) groups is 1. The van der Waals surface area contributed by atoms with Crippen LogP contribution in [0.4, 0.5) is 0 Å². The van der Waals surface area contributed by atoms with Gasteiger partial charge in [-0.1, -0.05) is 28.9 Å². The lowest BCUT2D eigenvalue weighted by Gasteiger charge is -2.15. The lowest BCUT2D eigenvalue weighted by molar-refractivity contribution is -0.144. The molecule has 0 aromatic carbocycles. The van der Waals surface area contributed by atoms with E-state index in [9.17, 15) is 4.79 Å². The maximum absolute atomic E-state index is 11.2. The van der Waals surface area contributed by atoms with Gasteiger partial charge in [-0.15, -0.1) is 0 Å². The van der Waals surface area contributed by atoms with Crippen molar-refractivity contribution in [1.29, 1.82) is 0 Å². The Morgan fingerprint density at radius 2 is 1.57 bits per heavy atom. The summed E-state index contributed by atoms with van der Waals surface area (Å²) in [7, 11) is 0. The van der Waals surface area contributed by atoms with Gasteiger partial charge in [0.1, 0.15) is 6.10 Å². The molecule has 21 heavy (non-hydrogen) atoms. The molecule has 0 bridgehead atoms. The average molecular weight is 290 g/mol. The zero-order chi connectivity index (χ0) is 15.7. The van der Waals surface area contributed by atoms with Crippen LogP contribution < -0.4 is 0 Å². The van der Waals surface area contributed by atoms with Crippen LogP contribution in [-0.4, -0.2) is 12.1 Å². The van der Waals surface area contributed by atoms with Gasteiger partial charge in [0.05, 0.1) is 0 Å². The summed E-state index contributed by atoms with van der Waals surface area (Å²) in [4.78, 5) is 11.2. The fraction of sp³-hybridized carbons (Fsp3) is 0.632. The first-order valence-corrected chi connectivity index (χ1v) is 8.13. The molecule has 0 N–H and O–H groups in total. The van der Waals surface area contributed by atoms with Gasteiger partial charge in [-0.2, -0.15) is 0 Å². The quantitative estimate of drug-likeness (QED) is 0.470. The second-order valence-electron chi connectivity index (χ2n) is 6.23. The molecule has 118 valence electrons. The van der Waals surface area contributed by atoms with Crippen LogP contribution in [-0.2, 0) is 9.53 Å². The monoisotopic (exact) mass is 290 g/mol. The van der Waals surface area contributed by atoms with Crippen LogP contribution in [0.25, 0.3) is 0 Å². The van der Waals surface area contributed by atoms with Crippen molar-refractivity contribution in [2.45, 2.75) is 78.7 Å². The van der Waals surface area contributed by atoms with Crippen LogP contribution in [0.5, 0.6) is 0 Å². The topological polar surface area (TPSA) is 26.3 Å². The van der Waals surface area contributed by atoms with Gasteiger partial charge in [0.2, 0.25) is 0 Å². The average Bonchev–Trinajstić information content (AvgIpc) is 2.37. The Balaban J connectivity index is 2.77. The molecule has 0 heterocycles. The summed E-state index contributed by atoms with van der Waals surface area (Å²) in [6.07, 6.45) is 14.3. The summed E-state index contributed by atoms with van der Waals surface area (Å²) >= 11 is 0. The van der Waals surface area contributed by atoms with E-state index in [0.29, 0.717) is 0 Å². The van der Waals surface area contributed by atoms with Crippen molar-refractivity contribution in [3.05, 3.63) is 34.9 Å². The number of rotatable bonds is 1. The van der Waals surface area contributed by atoms with Gasteiger partial charge in [-0.3, -0.25) is 4.79 Å². The van der Waals surface area contributed by atoms with E-state index >= 15 is 0 Å². The molecule has 1 aliphatic carbocycles. The Labute approximate surface area is 130 Å². The van der Waals surface area contributed by atoms with Crippen molar-refractivity contribution in [1.82, 2.24) is 0 Å². The first-order chi connectivity index (χ1) is 9.97. The fourth-order valence-corrected chi connectivity index (χ4v) is 2.67. The molecule has 0 spiro atoms. The third-order valence-corrected chi connectivity index (χ3v) is 3.91. The molecular formula is C19H30O2. The first-order valence-electron chi connectivity index (χ1n) is 8.13. The predicted molar refractivity (Wildman–Crippen MR) is 89.1 cm³/mol. The van der Waals surface area contributed by atoms with Crippen molar-refractivity contribution in [3.8, 4) is 0 Å². The van der Waals surface area contributed by atoms with Crippen molar-refractivity contribution < 1.29 is 9.53 Å². The molecule has 1 atom stereocenters. The molecule has 2 nitrogen and oxygen atoms in total. The maximum atomic E-state index is 11.2. The molecule has 0 amide bonds. The van der Waals surface area contributed by atoms with E-state index in [2.05, 4.69) is 39.0 Å². The highest BCUT2D eigenvalue weighted by atomic mass is 16.5. The van der Waals surface area contributed by atoms with Crippen molar-refractivity contribution in [3.63, 3.8) is 0 Å². The molecule has 1 aliphatic rings. The largest absolute Gasteiger partial charge is 0.458 e. The van der Waals surface area contributed by atoms with Gasteiger partial charge in [-0.25, -0.2) is 0 Å². The zero-order valence-electron chi connectivity index (χ0n) is 14.1. The Morgan fingerprint density at radius 3 is 2.19 bits per heavy atom. The second-order valence-corrected chi connectivity index (χ2v) is 6.23. The first kappa shape index (κ1) is 17.7. The van der Waals surface area contributed by atoms with E-state index in [1.165, 1.54) is 23.6 Å². The van der Waals surface area contributed by atoms with E-state index in [-0.39, 0.29) is 12.1 Å². The number of ether oxygens (including phenoxy) is 1. The summed E-state index contributed by atoms with van der Waals surface area (Å²) in [5, 5.41) is 0. The van der Waals surface area contributed by atoms with Gasteiger partial charge < -0.3 is 4.74 Å². The lowest BCUT2D eigenvalue weighted by atomic mass is 10.0. The highest BCUT2D eigenvalue weighted by Gasteiger charge is 2.09. The Hall–Kier alpha value is -1.31. The van der Waals surface area contributed by atoms with Crippen molar-refractivity contribution >= 4 is 5.97 Å². The Kier molecular flexibility index (Phi) is 8.11. The van der Waals surface area contributed by atoms with Crippen molar-refractivity contribution in [2.24, 2.45) is 0 Å². The summed E-state index contributed by atoms with van der Waals surface area (Å²) in [5.74, 6) is -0.187. The van der Waals surface area contributed by atoms with Gasteiger partial charge in [0, 0.05) is 6.92 Å². The Morgan fingerprint density at radius 1 is 1.00 bits per heavy atom. The van der Waals surface area contributed by atoms with Crippen LogP contribution >= 0.6 is 0 Å². The van der Waals surface area contributed by atoms with Crippen LogP contribution in [0.3, 0.4) is 0 Å². The minimum Gasteiger partial charge on any atom is -0.458 e. The molecular weight excluding hydrogens is 260 g/mol. The maximum Gasteiger partial charge on any atom is 0.303 e. The highest BCUT2D eigenvalue weighted by Crippen LogP contribution is 2.18. The molecule has 0 aliphatic heterocycles. The van der Waals surface area contributed by atoms with Gasteiger partial charge in [-0.05, 0) is 71.8 Å². The molecule has 0 saturated carbocycles. The minimum absolute atomic E-state index is 0.0664. The van der Waals surface area contributed by atoms with Crippen LogP contribution in [0.1, 0.15) is 72.6 Å². The zero-order valence-corrected chi connectivity index (χ0v) is 14.1. The van der Waals surface area contributed by atoms with Gasteiger partial charge in [0.15, 0.2) is 0 Å². The molecule has 1 rings (SSSR count). The molecule has 0 aromatic rings. The minimum atomic E-state index is -0.187. The SMILES string of the molecule is CC(=O)OC1C=C(C)CCC=C(C)CCC=C(C)CCC1. The lowest BCUT2D eigenvalue weighted by Crippen LogP contribution is -2.14. The summed E-state index contributed by atoms with van der Waals surface area (Å²) < 4.78 is 5.43. The molecule has 0 saturated heterocycles. The number of esters is 1. The van der Waals surface area contributed by atoms with Crippen molar-refractivity contribution in [2.75, 3.05) is 0 Å². The van der Waals surface area contributed by atoms with Crippen LogP contribution in [0.2, 0.25) is 0 Å². The van der Waals surface area contributed by atoms with E-state index in [1.54, 1.807) is 0 Å². The molecule has 1 unspecified atom stereocenters. The standard InChI is InChI=1S/C19H30O2/c1-15-8-5-9-16(2)11-7-13-19(21-18(4)20)14-17(3)12-6-10-15/h9-10,14,19H,5-8,11-13H2,1-4H3. The van der Waals surface area contributed by atoms with Crippen LogP contribution in [0, 0.1) is 0 Å². The second kappa shape index (κ2) is 9.59. The van der Waals surface area contributed by atoms with Crippen LogP contribution in [0.15, 0.2) is 34.9 Å². The van der Waals surface area contributed by atoms with E-state index < -0.39 is 0 Å². The highest BCUT2D eigenvalue weighted by molar-refractivity contribution is 5.66. The third-order valence-electron chi connectivity index (χ3n) is 3.91. The molecule has 0 radical (unpaired) electrons. The summed E-state index contributed by atoms with van der Waals surface area (Å²) in [6.45, 7) is 8.05. The molecule has 0 fully saturated rings. The number of allylic oxidation sites excluding steroid dienone is 5. The summed E-state index contributed by atoms with van der Waals surface area (Å²) in [5.41, 5.74) is 4.23. The van der Waals surface area contributed by atoms with Gasteiger partial charge >= 0.3 is 5.97 Å². The normalized spacial score (nSPS) is 22.5. The van der Waals surface area contributed by atoms with E-state index in [4.69, 9.17) is 4.74 Å². The number of carbonyl (C=O) groups excluding carboxylic acids is 1. The smallest absolute Gasteiger partial charge is 0.303 e. The number of hydrogen-bond donors (Lipinski definition) is 0. The molecule has 0 aromatic heterocycles. The van der Waals surface area contributed by atoms with Gasteiger partial charge in [0.25, 0.3) is 0 Å². The summed E-state index contributed by atoms with van der Waals surface area (Å²) in [6, 6.07) is 0.